The van der Waals surface area contributed by atoms with Gasteiger partial charge in [-0.15, -0.1) is 0 Å². The molecule has 2 aromatic rings. The van der Waals surface area contributed by atoms with E-state index in [2.05, 4.69) is 0 Å². The molecule has 0 amide bonds. The van der Waals surface area contributed by atoms with E-state index in [9.17, 15) is 21.2 Å². The summed E-state index contributed by atoms with van der Waals surface area (Å²) in [6.45, 7) is 1.98. The Balaban J connectivity index is 0.000000492. The number of hydrogen-bond acceptors (Lipinski definition) is 6. The van der Waals surface area contributed by atoms with Crippen LogP contribution in [-0.2, 0) is 33.1 Å². The Morgan fingerprint density at radius 3 is 1.81 bits per heavy atom. The van der Waals surface area contributed by atoms with Gasteiger partial charge in [-0.25, -0.2) is 4.39 Å². The second-order valence-corrected chi connectivity index (χ2v) is 10.2. The van der Waals surface area contributed by atoms with Crippen LogP contribution in [-0.4, -0.2) is 50.0 Å². The summed E-state index contributed by atoms with van der Waals surface area (Å²) >= 11 is 5.91. The number of rotatable bonds is 6. The minimum atomic E-state index is -4.10. The number of nitrogens with two attached hydrogens (primary N) is 2. The predicted octanol–water partition coefficient (Wildman–Crippen LogP) is 2.32. The molecule has 6 N–H and O–H groups in total. The molecule has 31 heavy (non-hydrogen) atoms. The van der Waals surface area contributed by atoms with E-state index in [0.29, 0.717) is 11.8 Å². The quantitative estimate of drug-likeness (QED) is 0.441. The predicted molar refractivity (Wildman–Crippen MR) is 121 cm³/mol. The van der Waals surface area contributed by atoms with Gasteiger partial charge < -0.3 is 11.5 Å². The summed E-state index contributed by atoms with van der Waals surface area (Å²) < 4.78 is 68.5. The van der Waals surface area contributed by atoms with E-state index >= 15 is 0 Å². The van der Waals surface area contributed by atoms with Gasteiger partial charge in [-0.05, 0) is 43.0 Å². The molecule has 0 radical (unpaired) electrons. The molecular weight excluding hydrogens is 471 g/mol. The molecule has 2 rings (SSSR count). The number of halogens is 2. The minimum absolute atomic E-state index is 0.0759. The molecule has 0 fully saturated rings. The highest BCUT2D eigenvalue weighted by Gasteiger charge is 2.14. The summed E-state index contributed by atoms with van der Waals surface area (Å²) in [4.78, 5) is 0. The van der Waals surface area contributed by atoms with E-state index in [-0.39, 0.29) is 12.5 Å². The molecule has 8 nitrogen and oxygen atoms in total. The first-order valence-electron chi connectivity index (χ1n) is 8.94. The summed E-state index contributed by atoms with van der Waals surface area (Å²) in [5.74, 6) is -0.996. The van der Waals surface area contributed by atoms with E-state index in [4.69, 9.17) is 32.2 Å². The van der Waals surface area contributed by atoms with Crippen molar-refractivity contribution in [3.63, 3.8) is 0 Å². The zero-order valence-electron chi connectivity index (χ0n) is 17.1. The molecule has 0 bridgehead atoms. The van der Waals surface area contributed by atoms with E-state index in [0.717, 1.165) is 17.0 Å². The first-order valence-corrected chi connectivity index (χ1v) is 12.8. The normalized spacial score (nSPS) is 13.2. The Bertz CT molecular complexity index is 1010. The first kappa shape index (κ1) is 29.4. The van der Waals surface area contributed by atoms with Crippen LogP contribution < -0.4 is 11.5 Å². The van der Waals surface area contributed by atoms with E-state index < -0.39 is 37.8 Å². The van der Waals surface area contributed by atoms with Gasteiger partial charge in [-0.3, -0.25) is 9.11 Å². The third-order valence-electron chi connectivity index (χ3n) is 3.36. The van der Waals surface area contributed by atoms with Gasteiger partial charge in [-0.1, -0.05) is 48.0 Å². The van der Waals surface area contributed by atoms with Gasteiger partial charge >= 0.3 is 0 Å². The Kier molecular flexibility index (Phi) is 13.0. The molecule has 176 valence electrons. The van der Waals surface area contributed by atoms with Crippen molar-refractivity contribution in [3.05, 3.63) is 70.5 Å². The third-order valence-corrected chi connectivity index (χ3v) is 4.58. The van der Waals surface area contributed by atoms with Crippen LogP contribution >= 0.6 is 11.6 Å². The van der Waals surface area contributed by atoms with Crippen molar-refractivity contribution in [1.82, 2.24) is 0 Å². The maximum absolute atomic E-state index is 13.1. The standard InChI is InChI=1S/C9H12ClN.C9H12FNO3S.CH4O3S/c1-7(11)6-8-4-2-3-5-9(8)10;10-9-4-2-1-3-7(9)5-8(11)6-15(12,13)14;1-5(2,3)4/h2-5,7H,6,11H2,1H3;1-4,8H,5-6,11H2,(H,12,13,14);1H3,(H,2,3,4)/t7-;8-;/m10./s1. The average molecular weight is 499 g/mol. The van der Waals surface area contributed by atoms with Crippen LogP contribution in [0.1, 0.15) is 18.1 Å². The number of hydrogen-bond donors (Lipinski definition) is 4. The Morgan fingerprint density at radius 2 is 1.39 bits per heavy atom. The number of benzene rings is 2. The smallest absolute Gasteiger partial charge is 0.266 e. The Morgan fingerprint density at radius 1 is 0.935 bits per heavy atom. The van der Waals surface area contributed by atoms with E-state index in [1.807, 2.05) is 31.2 Å². The molecule has 0 aliphatic carbocycles. The minimum Gasteiger partial charge on any atom is -0.328 e. The van der Waals surface area contributed by atoms with Crippen molar-refractivity contribution in [1.29, 1.82) is 0 Å². The highest BCUT2D eigenvalue weighted by Crippen LogP contribution is 2.15. The highest BCUT2D eigenvalue weighted by molar-refractivity contribution is 7.85. The van der Waals surface area contributed by atoms with Crippen molar-refractivity contribution in [2.45, 2.75) is 31.8 Å². The van der Waals surface area contributed by atoms with Crippen molar-refractivity contribution < 1.29 is 30.3 Å². The second kappa shape index (κ2) is 13.7. The fourth-order valence-electron chi connectivity index (χ4n) is 2.29. The van der Waals surface area contributed by atoms with E-state index in [1.54, 1.807) is 6.07 Å². The van der Waals surface area contributed by atoms with Gasteiger partial charge in [0.05, 0.1) is 12.0 Å². The summed E-state index contributed by atoms with van der Waals surface area (Å²) in [5, 5.41) is 0.810. The fourth-order valence-corrected chi connectivity index (χ4v) is 3.16. The van der Waals surface area contributed by atoms with Gasteiger partial charge in [0.25, 0.3) is 20.2 Å². The summed E-state index contributed by atoms with van der Waals surface area (Å²) in [5.41, 5.74) is 12.6. The third kappa shape index (κ3) is 17.7. The lowest BCUT2D eigenvalue weighted by Gasteiger charge is -2.09. The summed E-state index contributed by atoms with van der Waals surface area (Å²) in [7, 11) is -7.77. The molecule has 12 heteroatoms. The van der Waals surface area contributed by atoms with Gasteiger partial charge in [0.15, 0.2) is 0 Å². The maximum atomic E-state index is 13.1. The van der Waals surface area contributed by atoms with Gasteiger partial charge in [-0.2, -0.15) is 16.8 Å². The molecular formula is C19H28ClFN2O6S2. The lowest BCUT2D eigenvalue weighted by molar-refractivity contribution is 0.475. The highest BCUT2D eigenvalue weighted by atomic mass is 35.5. The Hall–Kier alpha value is -1.60. The second-order valence-electron chi connectivity index (χ2n) is 6.81. The largest absolute Gasteiger partial charge is 0.328 e. The molecule has 0 saturated heterocycles. The van der Waals surface area contributed by atoms with Crippen LogP contribution in [0, 0.1) is 5.82 Å². The topological polar surface area (TPSA) is 161 Å². The molecule has 0 spiro atoms. The SMILES string of the molecule is CS(=O)(=O)O.C[C@@H](N)Cc1ccccc1Cl.N[C@@H](Cc1ccccc1F)CS(=O)(=O)O. The van der Waals surface area contributed by atoms with Gasteiger partial charge in [0.1, 0.15) is 5.82 Å². The molecule has 0 saturated carbocycles. The van der Waals surface area contributed by atoms with Crippen molar-refractivity contribution >= 4 is 31.8 Å². The van der Waals surface area contributed by atoms with Crippen LogP contribution in [0.3, 0.4) is 0 Å². The van der Waals surface area contributed by atoms with Crippen LogP contribution in [0.4, 0.5) is 4.39 Å². The van der Waals surface area contributed by atoms with Crippen molar-refractivity contribution in [2.75, 3.05) is 12.0 Å². The molecule has 0 aliphatic rings. The van der Waals surface area contributed by atoms with Crippen LogP contribution in [0.5, 0.6) is 0 Å². The first-order chi connectivity index (χ1) is 14.1. The monoisotopic (exact) mass is 498 g/mol. The zero-order chi connectivity index (χ0) is 24.2. The average Bonchev–Trinajstić information content (AvgIpc) is 2.56. The van der Waals surface area contributed by atoms with Crippen LogP contribution in [0.15, 0.2) is 48.5 Å². The zero-order valence-corrected chi connectivity index (χ0v) is 19.5. The molecule has 0 unspecified atom stereocenters. The van der Waals surface area contributed by atoms with Crippen molar-refractivity contribution in [2.24, 2.45) is 11.5 Å². The van der Waals surface area contributed by atoms with E-state index in [1.165, 1.54) is 18.2 Å². The maximum Gasteiger partial charge on any atom is 0.266 e. The Labute approximate surface area is 187 Å². The summed E-state index contributed by atoms with van der Waals surface area (Å²) in [6, 6.07) is 13.1. The van der Waals surface area contributed by atoms with Crippen LogP contribution in [0.2, 0.25) is 5.02 Å². The molecule has 0 heterocycles. The lowest BCUT2D eigenvalue weighted by atomic mass is 10.1. The molecule has 2 atom stereocenters. The summed E-state index contributed by atoms with van der Waals surface area (Å²) in [6.07, 6.45) is 1.64. The lowest BCUT2D eigenvalue weighted by Crippen LogP contribution is -2.31. The molecule has 2 aromatic carbocycles. The van der Waals surface area contributed by atoms with Crippen LogP contribution in [0.25, 0.3) is 0 Å². The van der Waals surface area contributed by atoms with Gasteiger partial charge in [0, 0.05) is 17.1 Å². The molecule has 0 aliphatic heterocycles. The van der Waals surface area contributed by atoms with Crippen molar-refractivity contribution in [3.8, 4) is 0 Å². The molecule has 0 aromatic heterocycles. The van der Waals surface area contributed by atoms with Gasteiger partial charge in [0.2, 0.25) is 0 Å². The fraction of sp³-hybridized carbons (Fsp3) is 0.368.